The molecule has 0 aromatic heterocycles. The van der Waals surface area contributed by atoms with E-state index in [1.807, 2.05) is 0 Å². The Balaban J connectivity index is 1.78. The van der Waals surface area contributed by atoms with Crippen molar-refractivity contribution in [3.05, 3.63) is 34.9 Å². The molecule has 0 unspecified atom stereocenters. The molecule has 2 heteroatoms. The molecule has 20 heavy (non-hydrogen) atoms. The number of aryl methyl sites for hydroxylation is 3. The summed E-state index contributed by atoms with van der Waals surface area (Å²) < 4.78 is 5.07. The van der Waals surface area contributed by atoms with Crippen LogP contribution in [0.5, 0.6) is 0 Å². The van der Waals surface area contributed by atoms with Gasteiger partial charge in [-0.2, -0.15) is 0 Å². The van der Waals surface area contributed by atoms with E-state index in [9.17, 15) is 0 Å². The maximum Gasteiger partial charge on any atom is 0.0587 e. The van der Waals surface area contributed by atoms with Crippen LogP contribution in [0.2, 0.25) is 0 Å². The van der Waals surface area contributed by atoms with E-state index in [-0.39, 0.29) is 0 Å². The highest BCUT2D eigenvalue weighted by molar-refractivity contribution is 5.35. The summed E-state index contributed by atoms with van der Waals surface area (Å²) in [4.78, 5) is 0. The first-order chi connectivity index (χ1) is 9.61. The number of methoxy groups -OCH3 is 1. The van der Waals surface area contributed by atoms with E-state index in [0.717, 1.165) is 19.7 Å². The van der Waals surface area contributed by atoms with Crippen LogP contribution in [0.4, 0.5) is 0 Å². The Bertz CT molecular complexity index is 425. The zero-order valence-electron chi connectivity index (χ0n) is 13.3. The highest BCUT2D eigenvalue weighted by Gasteiger charge is 2.18. The lowest BCUT2D eigenvalue weighted by Gasteiger charge is -2.25. The first-order valence-electron chi connectivity index (χ1n) is 7.91. The number of fused-ring (bicyclic) bond motifs is 1. The van der Waals surface area contributed by atoms with E-state index >= 15 is 0 Å². The quantitative estimate of drug-likeness (QED) is 0.735. The number of hydrogen-bond acceptors (Lipinski definition) is 2. The predicted octanol–water partition coefficient (Wildman–Crippen LogP) is 3.37. The fourth-order valence-electron chi connectivity index (χ4n) is 2.95. The third-order valence-corrected chi connectivity index (χ3v) is 4.34. The molecule has 1 aromatic rings. The Labute approximate surface area is 123 Å². The van der Waals surface area contributed by atoms with Crippen LogP contribution < -0.4 is 5.32 Å². The number of benzene rings is 1. The van der Waals surface area contributed by atoms with E-state index in [4.69, 9.17) is 4.74 Å². The van der Waals surface area contributed by atoms with Crippen molar-refractivity contribution >= 4 is 0 Å². The molecule has 0 saturated carbocycles. The number of hydrogen-bond donors (Lipinski definition) is 1. The van der Waals surface area contributed by atoms with Gasteiger partial charge in [0.25, 0.3) is 0 Å². The SMILES string of the molecule is COCCNCC(C)(C)CCc1ccc2c(c1)CCC2. The third-order valence-electron chi connectivity index (χ3n) is 4.34. The van der Waals surface area contributed by atoms with Gasteiger partial charge < -0.3 is 10.1 Å². The lowest BCUT2D eigenvalue weighted by molar-refractivity contribution is 0.193. The normalized spacial score (nSPS) is 14.6. The Morgan fingerprint density at radius 3 is 2.80 bits per heavy atom. The molecule has 1 aliphatic rings. The minimum Gasteiger partial charge on any atom is -0.383 e. The van der Waals surface area contributed by atoms with Crippen LogP contribution >= 0.6 is 0 Å². The topological polar surface area (TPSA) is 21.3 Å². The van der Waals surface area contributed by atoms with E-state index < -0.39 is 0 Å². The van der Waals surface area contributed by atoms with Crippen molar-refractivity contribution in [2.45, 2.75) is 46.0 Å². The molecule has 0 atom stereocenters. The monoisotopic (exact) mass is 275 g/mol. The summed E-state index contributed by atoms with van der Waals surface area (Å²) in [5.41, 5.74) is 5.02. The summed E-state index contributed by atoms with van der Waals surface area (Å²) in [7, 11) is 1.75. The molecule has 0 bridgehead atoms. The Kier molecular flexibility index (Phi) is 5.62. The van der Waals surface area contributed by atoms with Crippen LogP contribution in [-0.4, -0.2) is 26.8 Å². The second-order valence-corrected chi connectivity index (χ2v) is 6.79. The Morgan fingerprint density at radius 2 is 2.00 bits per heavy atom. The van der Waals surface area contributed by atoms with E-state index in [1.54, 1.807) is 18.2 Å². The molecule has 0 aliphatic heterocycles. The first kappa shape index (κ1) is 15.5. The summed E-state index contributed by atoms with van der Waals surface area (Å²) in [6.07, 6.45) is 6.32. The van der Waals surface area contributed by atoms with Gasteiger partial charge in [0.05, 0.1) is 6.61 Å². The van der Waals surface area contributed by atoms with Crippen LogP contribution in [0, 0.1) is 5.41 Å². The fourth-order valence-corrected chi connectivity index (χ4v) is 2.95. The van der Waals surface area contributed by atoms with Crippen molar-refractivity contribution in [1.82, 2.24) is 5.32 Å². The van der Waals surface area contributed by atoms with Crippen LogP contribution in [0.3, 0.4) is 0 Å². The molecule has 0 amide bonds. The molecule has 1 aromatic carbocycles. The maximum atomic E-state index is 5.07. The van der Waals surface area contributed by atoms with Crippen molar-refractivity contribution in [3.8, 4) is 0 Å². The Morgan fingerprint density at radius 1 is 1.20 bits per heavy atom. The number of ether oxygens (including phenoxy) is 1. The standard InChI is InChI=1S/C18H29NO/c1-18(2,14-19-11-12-20-3)10-9-15-7-8-16-5-4-6-17(16)13-15/h7-8,13,19H,4-6,9-12,14H2,1-3H3. The van der Waals surface area contributed by atoms with Gasteiger partial charge in [-0.25, -0.2) is 0 Å². The van der Waals surface area contributed by atoms with Crippen molar-refractivity contribution in [3.63, 3.8) is 0 Å². The molecule has 0 heterocycles. The zero-order valence-corrected chi connectivity index (χ0v) is 13.3. The second-order valence-electron chi connectivity index (χ2n) is 6.79. The molecule has 112 valence electrons. The van der Waals surface area contributed by atoms with Gasteiger partial charge in [-0.15, -0.1) is 0 Å². The first-order valence-corrected chi connectivity index (χ1v) is 7.91. The van der Waals surface area contributed by atoms with Crippen molar-refractivity contribution in [2.75, 3.05) is 26.8 Å². The van der Waals surface area contributed by atoms with Gasteiger partial charge in [0.15, 0.2) is 0 Å². The molecule has 0 saturated heterocycles. The minimum absolute atomic E-state index is 0.340. The smallest absolute Gasteiger partial charge is 0.0587 e. The highest BCUT2D eigenvalue weighted by Crippen LogP contribution is 2.26. The maximum absolute atomic E-state index is 5.07. The Hall–Kier alpha value is -0.860. The third kappa shape index (κ3) is 4.60. The number of nitrogens with one attached hydrogen (secondary N) is 1. The highest BCUT2D eigenvalue weighted by atomic mass is 16.5. The van der Waals surface area contributed by atoms with Gasteiger partial charge >= 0.3 is 0 Å². The molecular formula is C18H29NO. The summed E-state index contributed by atoms with van der Waals surface area (Å²) in [6, 6.07) is 7.12. The average molecular weight is 275 g/mol. The van der Waals surface area contributed by atoms with Crippen LogP contribution in [-0.2, 0) is 24.0 Å². The van der Waals surface area contributed by atoms with Gasteiger partial charge in [-0.05, 0) is 54.2 Å². The van der Waals surface area contributed by atoms with Gasteiger partial charge in [0.1, 0.15) is 0 Å². The second kappa shape index (κ2) is 7.24. The van der Waals surface area contributed by atoms with Crippen LogP contribution in [0.1, 0.15) is 43.4 Å². The van der Waals surface area contributed by atoms with Crippen LogP contribution in [0.15, 0.2) is 18.2 Å². The minimum atomic E-state index is 0.340. The molecule has 0 fully saturated rings. The summed E-state index contributed by atoms with van der Waals surface area (Å²) in [6.45, 7) is 7.49. The van der Waals surface area contributed by atoms with Crippen molar-refractivity contribution in [2.24, 2.45) is 5.41 Å². The number of rotatable bonds is 8. The molecule has 0 spiro atoms. The predicted molar refractivity (Wildman–Crippen MR) is 85.3 cm³/mol. The largest absolute Gasteiger partial charge is 0.383 e. The molecule has 2 rings (SSSR count). The van der Waals surface area contributed by atoms with Gasteiger partial charge in [0, 0.05) is 20.2 Å². The summed E-state index contributed by atoms with van der Waals surface area (Å²) in [5, 5.41) is 3.48. The lowest BCUT2D eigenvalue weighted by Crippen LogP contribution is -2.31. The van der Waals surface area contributed by atoms with Gasteiger partial charge in [-0.1, -0.05) is 32.0 Å². The fraction of sp³-hybridized carbons (Fsp3) is 0.667. The summed E-state index contributed by atoms with van der Waals surface area (Å²) >= 11 is 0. The van der Waals surface area contributed by atoms with Crippen LogP contribution in [0.25, 0.3) is 0 Å². The van der Waals surface area contributed by atoms with E-state index in [0.29, 0.717) is 5.41 Å². The molecule has 2 nitrogen and oxygen atoms in total. The summed E-state index contributed by atoms with van der Waals surface area (Å²) in [5.74, 6) is 0. The molecular weight excluding hydrogens is 246 g/mol. The van der Waals surface area contributed by atoms with E-state index in [2.05, 4.69) is 37.4 Å². The zero-order chi connectivity index (χ0) is 14.4. The van der Waals surface area contributed by atoms with E-state index in [1.165, 1.54) is 37.7 Å². The molecule has 1 aliphatic carbocycles. The van der Waals surface area contributed by atoms with Crippen molar-refractivity contribution < 1.29 is 4.74 Å². The lowest BCUT2D eigenvalue weighted by atomic mass is 9.86. The molecule has 0 radical (unpaired) electrons. The average Bonchev–Trinajstić information content (AvgIpc) is 2.89. The van der Waals surface area contributed by atoms with Crippen molar-refractivity contribution in [1.29, 1.82) is 0 Å². The van der Waals surface area contributed by atoms with Gasteiger partial charge in [0.2, 0.25) is 0 Å². The van der Waals surface area contributed by atoms with Gasteiger partial charge in [-0.3, -0.25) is 0 Å². The molecule has 1 N–H and O–H groups in total.